The summed E-state index contributed by atoms with van der Waals surface area (Å²) in [5, 5.41) is 8.92. The SMILES string of the molecule is Cc1cc(C)nc(NS(=O)(=O)c2cc(C(=O)O)sc2C)n1. The summed E-state index contributed by atoms with van der Waals surface area (Å²) in [6, 6.07) is 2.85. The highest BCUT2D eigenvalue weighted by molar-refractivity contribution is 7.92. The van der Waals surface area contributed by atoms with Gasteiger partial charge < -0.3 is 5.11 Å². The Hall–Kier alpha value is -2.00. The number of aromatic nitrogens is 2. The number of sulfonamides is 1. The van der Waals surface area contributed by atoms with Gasteiger partial charge in [0.25, 0.3) is 10.0 Å². The van der Waals surface area contributed by atoms with Gasteiger partial charge in [0.05, 0.1) is 0 Å². The highest BCUT2D eigenvalue weighted by Crippen LogP contribution is 2.26. The third kappa shape index (κ3) is 3.37. The van der Waals surface area contributed by atoms with Crippen LogP contribution in [0.25, 0.3) is 0 Å². The van der Waals surface area contributed by atoms with E-state index in [0.717, 1.165) is 17.4 Å². The van der Waals surface area contributed by atoms with Crippen LogP contribution in [0, 0.1) is 20.8 Å². The van der Waals surface area contributed by atoms with Gasteiger partial charge in [-0.15, -0.1) is 11.3 Å². The van der Waals surface area contributed by atoms with Crippen molar-refractivity contribution < 1.29 is 18.3 Å². The maximum atomic E-state index is 12.3. The number of aryl methyl sites for hydroxylation is 3. The molecule has 2 heterocycles. The van der Waals surface area contributed by atoms with E-state index in [-0.39, 0.29) is 15.7 Å². The average molecular weight is 327 g/mol. The van der Waals surface area contributed by atoms with Crippen molar-refractivity contribution in [3.63, 3.8) is 0 Å². The molecule has 2 aromatic heterocycles. The number of aromatic carboxylic acids is 1. The van der Waals surface area contributed by atoms with Gasteiger partial charge in [0, 0.05) is 16.3 Å². The quantitative estimate of drug-likeness (QED) is 0.888. The van der Waals surface area contributed by atoms with Crippen LogP contribution >= 0.6 is 11.3 Å². The second kappa shape index (κ2) is 5.41. The van der Waals surface area contributed by atoms with Gasteiger partial charge in [-0.1, -0.05) is 0 Å². The first-order valence-electron chi connectivity index (χ1n) is 5.88. The van der Waals surface area contributed by atoms with Crippen LogP contribution in [0.2, 0.25) is 0 Å². The lowest BCUT2D eigenvalue weighted by Gasteiger charge is -2.07. The number of rotatable bonds is 4. The van der Waals surface area contributed by atoms with Gasteiger partial charge in [-0.05, 0) is 32.9 Å². The normalized spacial score (nSPS) is 11.4. The lowest BCUT2D eigenvalue weighted by Crippen LogP contribution is -2.16. The summed E-state index contributed by atoms with van der Waals surface area (Å²) in [6.07, 6.45) is 0. The molecule has 112 valence electrons. The van der Waals surface area contributed by atoms with Gasteiger partial charge in [-0.3, -0.25) is 0 Å². The minimum absolute atomic E-state index is 0.0324. The fourth-order valence-electron chi connectivity index (χ4n) is 1.78. The Morgan fingerprint density at radius 1 is 1.19 bits per heavy atom. The third-order valence-electron chi connectivity index (χ3n) is 2.58. The highest BCUT2D eigenvalue weighted by atomic mass is 32.2. The molecule has 0 aliphatic carbocycles. The number of carboxylic acids is 1. The summed E-state index contributed by atoms with van der Waals surface area (Å²) < 4.78 is 26.9. The van der Waals surface area contributed by atoms with Crippen molar-refractivity contribution in [3.8, 4) is 0 Å². The first kappa shape index (κ1) is 15.4. The number of thiophene rings is 1. The molecule has 0 spiro atoms. The van der Waals surface area contributed by atoms with E-state index in [0.29, 0.717) is 16.3 Å². The number of carboxylic acid groups (broad SMARTS) is 1. The minimum Gasteiger partial charge on any atom is -0.477 e. The Bertz CT molecular complexity index is 792. The molecule has 2 rings (SSSR count). The first-order valence-corrected chi connectivity index (χ1v) is 8.18. The van der Waals surface area contributed by atoms with E-state index in [9.17, 15) is 13.2 Å². The number of nitrogens with one attached hydrogen (secondary N) is 1. The molecule has 0 aliphatic rings. The Labute approximate surface area is 125 Å². The molecule has 0 aliphatic heterocycles. The summed E-state index contributed by atoms with van der Waals surface area (Å²) in [4.78, 5) is 19.2. The van der Waals surface area contributed by atoms with Crippen LogP contribution in [0.15, 0.2) is 17.0 Å². The average Bonchev–Trinajstić information content (AvgIpc) is 2.70. The predicted octanol–water partition coefficient (Wildman–Crippen LogP) is 1.96. The van der Waals surface area contributed by atoms with Crippen LogP contribution in [0.3, 0.4) is 0 Å². The summed E-state index contributed by atoms with van der Waals surface area (Å²) in [6.45, 7) is 5.00. The summed E-state index contributed by atoms with van der Waals surface area (Å²) >= 11 is 0.907. The molecular formula is C12H13N3O4S2. The van der Waals surface area contributed by atoms with Gasteiger partial charge in [0.2, 0.25) is 5.95 Å². The van der Waals surface area contributed by atoms with Gasteiger partial charge in [-0.25, -0.2) is 27.9 Å². The van der Waals surface area contributed by atoms with Crippen LogP contribution in [-0.2, 0) is 10.0 Å². The van der Waals surface area contributed by atoms with E-state index in [1.165, 1.54) is 0 Å². The van der Waals surface area contributed by atoms with E-state index >= 15 is 0 Å². The van der Waals surface area contributed by atoms with Gasteiger partial charge in [0.15, 0.2) is 0 Å². The van der Waals surface area contributed by atoms with E-state index in [2.05, 4.69) is 14.7 Å². The lowest BCUT2D eigenvalue weighted by atomic mass is 10.4. The Morgan fingerprint density at radius 3 is 2.24 bits per heavy atom. The molecular weight excluding hydrogens is 314 g/mol. The zero-order chi connectivity index (χ0) is 15.8. The number of anilines is 1. The number of hydrogen-bond acceptors (Lipinski definition) is 6. The van der Waals surface area contributed by atoms with Crippen molar-refractivity contribution in [2.24, 2.45) is 0 Å². The Kier molecular flexibility index (Phi) is 3.97. The van der Waals surface area contributed by atoms with Crippen molar-refractivity contribution in [1.82, 2.24) is 9.97 Å². The van der Waals surface area contributed by atoms with Crippen molar-refractivity contribution >= 4 is 33.3 Å². The highest BCUT2D eigenvalue weighted by Gasteiger charge is 2.23. The van der Waals surface area contributed by atoms with Crippen molar-refractivity contribution in [2.45, 2.75) is 25.7 Å². The monoisotopic (exact) mass is 327 g/mol. The molecule has 0 aromatic carbocycles. The second-order valence-corrected chi connectivity index (χ2v) is 7.32. The third-order valence-corrected chi connectivity index (χ3v) is 5.20. The van der Waals surface area contributed by atoms with Crippen molar-refractivity contribution in [1.29, 1.82) is 0 Å². The maximum absolute atomic E-state index is 12.3. The predicted molar refractivity (Wildman–Crippen MR) is 78.3 cm³/mol. The molecule has 0 atom stereocenters. The molecule has 0 unspecified atom stereocenters. The molecule has 2 aromatic rings. The fraction of sp³-hybridized carbons (Fsp3) is 0.250. The Balaban J connectivity index is 2.40. The molecule has 9 heteroatoms. The molecule has 0 saturated heterocycles. The van der Waals surface area contributed by atoms with Gasteiger partial charge >= 0.3 is 5.97 Å². The topological polar surface area (TPSA) is 109 Å². The number of carbonyl (C=O) groups is 1. The second-order valence-electron chi connectivity index (χ2n) is 4.42. The summed E-state index contributed by atoms with van der Waals surface area (Å²) in [7, 11) is -3.92. The number of nitrogens with zero attached hydrogens (tertiary/aromatic N) is 2. The van der Waals surface area contributed by atoms with Crippen LogP contribution in [0.1, 0.15) is 25.9 Å². The van der Waals surface area contributed by atoms with Gasteiger partial charge in [0.1, 0.15) is 9.77 Å². The minimum atomic E-state index is -3.92. The zero-order valence-electron chi connectivity index (χ0n) is 11.5. The molecule has 21 heavy (non-hydrogen) atoms. The van der Waals surface area contributed by atoms with Crippen LogP contribution < -0.4 is 4.72 Å². The first-order chi connectivity index (χ1) is 9.69. The summed E-state index contributed by atoms with van der Waals surface area (Å²) in [5.41, 5.74) is 1.27. The van der Waals surface area contributed by atoms with E-state index < -0.39 is 16.0 Å². The molecule has 0 fully saturated rings. The molecule has 0 amide bonds. The summed E-state index contributed by atoms with van der Waals surface area (Å²) in [5.74, 6) is -1.19. The zero-order valence-corrected chi connectivity index (χ0v) is 13.2. The number of hydrogen-bond donors (Lipinski definition) is 2. The molecule has 0 bridgehead atoms. The standard InChI is InChI=1S/C12H13N3O4S2/c1-6-4-7(2)14-12(13-6)15-21(18,19)10-5-9(11(16)17)20-8(10)3/h4-5H,1-3H3,(H,16,17)(H,13,14,15). The fourth-order valence-corrected chi connectivity index (χ4v) is 4.16. The van der Waals surface area contributed by atoms with Gasteiger partial charge in [-0.2, -0.15) is 0 Å². The van der Waals surface area contributed by atoms with Crippen LogP contribution in [0.4, 0.5) is 5.95 Å². The van der Waals surface area contributed by atoms with Crippen LogP contribution in [-0.4, -0.2) is 29.5 Å². The molecule has 0 saturated carbocycles. The lowest BCUT2D eigenvalue weighted by molar-refractivity contribution is 0.0702. The van der Waals surface area contributed by atoms with Crippen molar-refractivity contribution in [3.05, 3.63) is 33.3 Å². The van der Waals surface area contributed by atoms with E-state index in [4.69, 9.17) is 5.11 Å². The Morgan fingerprint density at radius 2 is 1.76 bits per heavy atom. The molecule has 0 radical (unpaired) electrons. The van der Waals surface area contributed by atoms with E-state index in [1.807, 2.05) is 0 Å². The largest absolute Gasteiger partial charge is 0.477 e. The van der Waals surface area contributed by atoms with E-state index in [1.54, 1.807) is 26.8 Å². The van der Waals surface area contributed by atoms with Crippen molar-refractivity contribution in [2.75, 3.05) is 4.72 Å². The maximum Gasteiger partial charge on any atom is 0.345 e. The van der Waals surface area contributed by atoms with Crippen LogP contribution in [0.5, 0.6) is 0 Å². The molecule has 7 nitrogen and oxygen atoms in total. The molecule has 2 N–H and O–H groups in total. The smallest absolute Gasteiger partial charge is 0.345 e.